The highest BCUT2D eigenvalue weighted by molar-refractivity contribution is 6.37. The van der Waals surface area contributed by atoms with Gasteiger partial charge in [-0.25, -0.2) is 0 Å². The second-order valence-corrected chi connectivity index (χ2v) is 12.6. The number of nitrogens with zero attached hydrogens (tertiary/aromatic N) is 2. The summed E-state index contributed by atoms with van der Waals surface area (Å²) in [5.74, 6) is -0.117. The monoisotopic (exact) mass is 688 g/mol. The lowest BCUT2D eigenvalue weighted by atomic mass is 9.93. The fourth-order valence-electron chi connectivity index (χ4n) is 5.87. The quantitative estimate of drug-likeness (QED) is 0.141. The van der Waals surface area contributed by atoms with Gasteiger partial charge in [0, 0.05) is 38.3 Å². The number of rotatable bonds is 13. The maximum Gasteiger partial charge on any atom is 0.307 e. The largest absolute Gasteiger partial charge is 0.490 e. The molecule has 1 heterocycles. The molecule has 3 unspecified atom stereocenters. The molecule has 8 heteroatoms. The van der Waals surface area contributed by atoms with E-state index in [0.29, 0.717) is 42.1 Å². The number of hydrogen-bond donors (Lipinski definition) is 1. The van der Waals surface area contributed by atoms with E-state index in [-0.39, 0.29) is 12.1 Å². The molecule has 1 saturated heterocycles. The first kappa shape index (κ1) is 37.0. The van der Waals surface area contributed by atoms with Crippen LogP contribution < -0.4 is 9.47 Å². The zero-order valence-electron chi connectivity index (χ0n) is 28.2. The van der Waals surface area contributed by atoms with Crippen molar-refractivity contribution in [3.05, 3.63) is 135 Å². The fraction of sp³-hybridized carbons (Fsp3) is 0.325. The highest BCUT2D eigenvalue weighted by Gasteiger charge is 2.38. The fourth-order valence-corrected chi connectivity index (χ4v) is 6.57. The van der Waals surface area contributed by atoms with Crippen LogP contribution in [0.5, 0.6) is 11.5 Å². The highest BCUT2D eigenvalue weighted by Crippen LogP contribution is 2.34. The van der Waals surface area contributed by atoms with Crippen LogP contribution in [-0.4, -0.2) is 59.3 Å². The number of benzene rings is 4. The summed E-state index contributed by atoms with van der Waals surface area (Å²) in [5.41, 5.74) is 4.38. The Morgan fingerprint density at radius 3 is 2.00 bits per heavy atom. The summed E-state index contributed by atoms with van der Waals surface area (Å²) in [5, 5.41) is 11.0. The maximum absolute atomic E-state index is 12.3. The molecular formula is C40H46Cl2N2O4. The molecule has 0 spiro atoms. The first-order valence-electron chi connectivity index (χ1n) is 16.5. The molecule has 0 radical (unpaired) electrons. The Morgan fingerprint density at radius 1 is 0.854 bits per heavy atom. The number of carboxylic acid groups (broad SMARTS) is 1. The number of ether oxygens (including phenoxy) is 2. The second-order valence-electron chi connectivity index (χ2n) is 11.8. The number of aliphatic carboxylic acids is 1. The van der Waals surface area contributed by atoms with Gasteiger partial charge in [0.25, 0.3) is 0 Å². The van der Waals surface area contributed by atoms with Gasteiger partial charge in [-0.1, -0.05) is 129 Å². The molecule has 0 bridgehead atoms. The molecule has 6 nitrogen and oxygen atoms in total. The molecular weight excluding hydrogens is 643 g/mol. The van der Waals surface area contributed by atoms with Gasteiger partial charge in [-0.15, -0.1) is 0 Å². The van der Waals surface area contributed by atoms with Gasteiger partial charge < -0.3 is 14.6 Å². The summed E-state index contributed by atoms with van der Waals surface area (Å²) >= 11 is 12.6. The molecule has 1 aliphatic heterocycles. The van der Waals surface area contributed by atoms with Gasteiger partial charge in [-0.2, -0.15) is 0 Å². The molecule has 4 aromatic carbocycles. The first-order chi connectivity index (χ1) is 23.3. The summed E-state index contributed by atoms with van der Waals surface area (Å²) in [4.78, 5) is 17.0. The van der Waals surface area contributed by atoms with Crippen LogP contribution in [-0.2, 0) is 17.9 Å². The van der Waals surface area contributed by atoms with Crippen molar-refractivity contribution in [3.63, 3.8) is 0 Å². The third-order valence-electron chi connectivity index (χ3n) is 8.30. The minimum atomic E-state index is -0.779. The third kappa shape index (κ3) is 10.6. The van der Waals surface area contributed by atoms with Crippen LogP contribution in [0.4, 0.5) is 0 Å². The molecule has 1 N–H and O–H groups in total. The van der Waals surface area contributed by atoms with Crippen molar-refractivity contribution in [1.82, 2.24) is 9.80 Å². The lowest BCUT2D eigenvalue weighted by Crippen LogP contribution is -2.60. The molecule has 0 saturated carbocycles. The second kappa shape index (κ2) is 18.7. The molecule has 5 rings (SSSR count). The Hall–Kier alpha value is -3.81. The van der Waals surface area contributed by atoms with Crippen molar-refractivity contribution in [3.8, 4) is 11.5 Å². The SMILES string of the molecule is CC.Cc1cc(Cl)c(OCCOc2ccc(/C=C/C3CN(Cc4ccccc4)CC(C(C)C(=O)O)N3Cc3ccccc3)cc2)c(Cl)c1. The van der Waals surface area contributed by atoms with E-state index in [1.807, 2.05) is 100 Å². The van der Waals surface area contributed by atoms with Crippen molar-refractivity contribution in [2.75, 3.05) is 26.3 Å². The number of aryl methyl sites for hydroxylation is 1. The number of halogens is 2. The van der Waals surface area contributed by atoms with Crippen LogP contribution in [0, 0.1) is 12.8 Å². The van der Waals surface area contributed by atoms with Crippen molar-refractivity contribution in [1.29, 1.82) is 0 Å². The Balaban J connectivity index is 0.00000255. The van der Waals surface area contributed by atoms with Crippen molar-refractivity contribution in [2.45, 2.75) is 52.9 Å². The lowest BCUT2D eigenvalue weighted by Gasteiger charge is -2.47. The van der Waals surface area contributed by atoms with Crippen LogP contribution in [0.2, 0.25) is 10.0 Å². The lowest BCUT2D eigenvalue weighted by molar-refractivity contribution is -0.145. The van der Waals surface area contributed by atoms with Gasteiger partial charge in [0.15, 0.2) is 5.75 Å². The van der Waals surface area contributed by atoms with Crippen LogP contribution in [0.1, 0.15) is 43.0 Å². The molecule has 1 fully saturated rings. The van der Waals surface area contributed by atoms with E-state index < -0.39 is 11.9 Å². The topological polar surface area (TPSA) is 62.2 Å². The predicted molar refractivity (Wildman–Crippen MR) is 197 cm³/mol. The van der Waals surface area contributed by atoms with Gasteiger partial charge >= 0.3 is 5.97 Å². The van der Waals surface area contributed by atoms with Gasteiger partial charge in [0.1, 0.15) is 19.0 Å². The van der Waals surface area contributed by atoms with E-state index in [2.05, 4.69) is 46.2 Å². The number of piperazine rings is 1. The third-order valence-corrected chi connectivity index (χ3v) is 8.86. The zero-order valence-corrected chi connectivity index (χ0v) is 29.7. The minimum absolute atomic E-state index is 0.0120. The van der Waals surface area contributed by atoms with Crippen LogP contribution in [0.25, 0.3) is 6.08 Å². The molecule has 4 aromatic rings. The van der Waals surface area contributed by atoms with Gasteiger partial charge in [-0.05, 0) is 53.4 Å². The zero-order chi connectivity index (χ0) is 34.5. The van der Waals surface area contributed by atoms with E-state index in [4.69, 9.17) is 32.7 Å². The molecule has 0 aromatic heterocycles. The average molecular weight is 690 g/mol. The Kier molecular flexibility index (Phi) is 14.4. The average Bonchev–Trinajstić information content (AvgIpc) is 3.09. The Morgan fingerprint density at radius 2 is 1.42 bits per heavy atom. The Bertz CT molecular complexity index is 1580. The predicted octanol–water partition coefficient (Wildman–Crippen LogP) is 9.27. The van der Waals surface area contributed by atoms with Crippen LogP contribution in [0.15, 0.2) is 103 Å². The van der Waals surface area contributed by atoms with Gasteiger partial charge in [0.2, 0.25) is 0 Å². The van der Waals surface area contributed by atoms with E-state index >= 15 is 0 Å². The normalized spacial score (nSPS) is 17.4. The van der Waals surface area contributed by atoms with Crippen molar-refractivity contribution in [2.24, 2.45) is 5.92 Å². The molecule has 48 heavy (non-hydrogen) atoms. The Labute approximate surface area is 295 Å². The van der Waals surface area contributed by atoms with Crippen molar-refractivity contribution >= 4 is 35.2 Å². The summed E-state index contributed by atoms with van der Waals surface area (Å²) in [6.45, 7) is 11.3. The standard InChI is InChI=1S/C38H40Cl2N2O4.C2H6/c1-27-21-34(39)37(35(40)22-27)46-20-19-45-33-17-14-29(15-18-33)13-16-32-25-41(23-30-9-5-3-6-10-30)26-36(28(2)38(43)44)42(32)24-31-11-7-4-8-12-31;1-2/h3-18,21-22,28,32,36H,19-20,23-26H2,1-2H3,(H,43,44);1-2H3/b16-13+;. The van der Waals surface area contributed by atoms with E-state index in [1.54, 1.807) is 0 Å². The van der Waals surface area contributed by atoms with Crippen LogP contribution >= 0.6 is 23.2 Å². The van der Waals surface area contributed by atoms with Crippen LogP contribution in [0.3, 0.4) is 0 Å². The molecule has 0 amide bonds. The van der Waals surface area contributed by atoms with Crippen molar-refractivity contribution < 1.29 is 19.4 Å². The van der Waals surface area contributed by atoms with Gasteiger partial charge in [0.05, 0.1) is 16.0 Å². The number of hydrogen-bond acceptors (Lipinski definition) is 5. The summed E-state index contributed by atoms with van der Waals surface area (Å²) in [7, 11) is 0. The number of carbonyl (C=O) groups is 1. The molecule has 3 atom stereocenters. The molecule has 0 aliphatic carbocycles. The molecule has 1 aliphatic rings. The van der Waals surface area contributed by atoms with E-state index in [9.17, 15) is 9.90 Å². The van der Waals surface area contributed by atoms with Gasteiger partial charge in [-0.3, -0.25) is 14.6 Å². The maximum atomic E-state index is 12.3. The van der Waals surface area contributed by atoms with E-state index in [1.165, 1.54) is 5.56 Å². The smallest absolute Gasteiger partial charge is 0.307 e. The first-order valence-corrected chi connectivity index (χ1v) is 17.3. The highest BCUT2D eigenvalue weighted by atomic mass is 35.5. The summed E-state index contributed by atoms with van der Waals surface area (Å²) < 4.78 is 11.7. The van der Waals surface area contributed by atoms with E-state index in [0.717, 1.165) is 35.5 Å². The molecule has 254 valence electrons. The minimum Gasteiger partial charge on any atom is -0.490 e. The number of carboxylic acids is 1. The summed E-state index contributed by atoms with van der Waals surface area (Å²) in [6.07, 6.45) is 4.33. The summed E-state index contributed by atoms with van der Waals surface area (Å²) in [6, 6.07) is 32.0.